The van der Waals surface area contributed by atoms with Gasteiger partial charge < -0.3 is 5.32 Å². The number of hydrogen-bond donors (Lipinski definition) is 3. The Morgan fingerprint density at radius 1 is 1.44 bits per heavy atom. The van der Waals surface area contributed by atoms with Gasteiger partial charge in [-0.3, -0.25) is 14.4 Å². The van der Waals surface area contributed by atoms with E-state index in [-0.39, 0.29) is 19.0 Å². The first-order valence-corrected chi connectivity index (χ1v) is 5.19. The largest absolute Gasteiger partial charge is 0.401 e. The number of carbonyl (C=O) groups excluding carboxylic acids is 1. The molecule has 0 radical (unpaired) electrons. The minimum absolute atomic E-state index is 0.0848. The molecule has 0 aliphatic carbocycles. The zero-order valence-corrected chi connectivity index (χ0v) is 9.87. The first-order chi connectivity index (χ1) is 7.35. The molecular formula is C8H16F3N3OS. The molecule has 0 heterocycles. The Balaban J connectivity index is 3.48. The number of carbonyl (C=O) groups is 1. The molecule has 8 heteroatoms. The molecule has 0 fully saturated rings. The second-order valence-corrected chi connectivity index (χ2v) is 3.71. The molecule has 0 saturated heterocycles. The van der Waals surface area contributed by atoms with Crippen LogP contribution < -0.4 is 10.0 Å². The number of amides is 1. The van der Waals surface area contributed by atoms with Crippen LogP contribution in [0.15, 0.2) is 0 Å². The van der Waals surface area contributed by atoms with Gasteiger partial charge in [-0.15, -0.1) is 0 Å². The number of alkyl halides is 3. The number of hydrogen-bond acceptors (Lipinski definition) is 4. The van der Waals surface area contributed by atoms with Crippen molar-refractivity contribution in [1.29, 1.82) is 0 Å². The molecule has 0 aromatic carbocycles. The van der Waals surface area contributed by atoms with Gasteiger partial charge in [-0.05, 0) is 20.0 Å². The molecule has 0 aromatic rings. The molecule has 0 spiro atoms. The third kappa shape index (κ3) is 10.1. The van der Waals surface area contributed by atoms with Crippen molar-refractivity contribution < 1.29 is 18.0 Å². The highest BCUT2D eigenvalue weighted by Crippen LogP contribution is 2.15. The fourth-order valence-electron chi connectivity index (χ4n) is 1.10. The summed E-state index contributed by atoms with van der Waals surface area (Å²) in [5, 5.41) is 2.54. The highest BCUT2D eigenvalue weighted by molar-refractivity contribution is 7.78. The number of nitrogens with one attached hydrogen (secondary N) is 2. The average Bonchev–Trinajstić information content (AvgIpc) is 2.10. The molecular weight excluding hydrogens is 243 g/mol. The van der Waals surface area contributed by atoms with Gasteiger partial charge in [0.2, 0.25) is 5.91 Å². The van der Waals surface area contributed by atoms with E-state index in [9.17, 15) is 18.0 Å². The molecule has 0 aliphatic heterocycles. The summed E-state index contributed by atoms with van der Waals surface area (Å²) in [4.78, 5) is 12.1. The Bertz CT molecular complexity index is 213. The second-order valence-electron chi connectivity index (χ2n) is 3.39. The van der Waals surface area contributed by atoms with E-state index < -0.39 is 12.7 Å². The van der Waals surface area contributed by atoms with Crippen molar-refractivity contribution in [2.75, 3.05) is 33.2 Å². The number of halogens is 3. The first-order valence-electron chi connectivity index (χ1n) is 4.74. The molecule has 0 bridgehead atoms. The van der Waals surface area contributed by atoms with Gasteiger partial charge in [-0.25, -0.2) is 0 Å². The standard InChI is InChI=1S/C8H16F3N3OS/c1-14(6-8(9,10)11)4-2-3-12-7(15)5-13-16/h13,16H,2-6H2,1H3,(H,12,15). The molecule has 0 atom stereocenters. The molecule has 1 amide bonds. The lowest BCUT2D eigenvalue weighted by Gasteiger charge is -2.18. The topological polar surface area (TPSA) is 44.4 Å². The Morgan fingerprint density at radius 2 is 2.06 bits per heavy atom. The lowest BCUT2D eigenvalue weighted by atomic mass is 10.3. The minimum atomic E-state index is -4.17. The molecule has 4 nitrogen and oxygen atoms in total. The normalized spacial score (nSPS) is 11.9. The van der Waals surface area contributed by atoms with Crippen molar-refractivity contribution in [1.82, 2.24) is 14.9 Å². The lowest BCUT2D eigenvalue weighted by Crippen LogP contribution is -2.35. The summed E-state index contributed by atoms with van der Waals surface area (Å²) in [5.41, 5.74) is 0. The van der Waals surface area contributed by atoms with Gasteiger partial charge in [0, 0.05) is 6.54 Å². The molecule has 0 aromatic heterocycles. The van der Waals surface area contributed by atoms with Gasteiger partial charge in [-0.2, -0.15) is 13.2 Å². The van der Waals surface area contributed by atoms with Crippen LogP contribution >= 0.6 is 12.8 Å². The Kier molecular flexibility index (Phi) is 7.52. The molecule has 0 aliphatic rings. The van der Waals surface area contributed by atoms with E-state index in [1.165, 1.54) is 11.9 Å². The maximum absolute atomic E-state index is 11.9. The monoisotopic (exact) mass is 259 g/mol. The summed E-state index contributed by atoms with van der Waals surface area (Å²) >= 11 is 3.64. The number of nitrogens with zero attached hydrogens (tertiary/aromatic N) is 1. The lowest BCUT2D eigenvalue weighted by molar-refractivity contribution is -0.143. The van der Waals surface area contributed by atoms with E-state index in [1.54, 1.807) is 0 Å². The van der Waals surface area contributed by atoms with E-state index in [2.05, 4.69) is 22.9 Å². The van der Waals surface area contributed by atoms with Crippen LogP contribution in [0, 0.1) is 0 Å². The average molecular weight is 259 g/mol. The Hall–Kier alpha value is -0.470. The summed E-state index contributed by atoms with van der Waals surface area (Å²) in [7, 11) is 1.39. The maximum atomic E-state index is 11.9. The molecule has 16 heavy (non-hydrogen) atoms. The van der Waals surface area contributed by atoms with E-state index in [1.807, 2.05) is 0 Å². The summed E-state index contributed by atoms with van der Waals surface area (Å²) in [5.74, 6) is -0.228. The van der Waals surface area contributed by atoms with Crippen LogP contribution in [0.25, 0.3) is 0 Å². The van der Waals surface area contributed by atoms with Crippen molar-refractivity contribution in [2.45, 2.75) is 12.6 Å². The smallest absolute Gasteiger partial charge is 0.355 e. The van der Waals surface area contributed by atoms with Gasteiger partial charge in [-0.1, -0.05) is 12.8 Å². The summed E-state index contributed by atoms with van der Waals surface area (Å²) < 4.78 is 38.1. The van der Waals surface area contributed by atoms with Crippen LogP contribution in [0.3, 0.4) is 0 Å². The Morgan fingerprint density at radius 3 is 2.56 bits per heavy atom. The van der Waals surface area contributed by atoms with Crippen LogP contribution in [0.2, 0.25) is 0 Å². The SMILES string of the molecule is CN(CCCNC(=O)CNS)CC(F)(F)F. The van der Waals surface area contributed by atoms with Gasteiger partial charge >= 0.3 is 6.18 Å². The van der Waals surface area contributed by atoms with Gasteiger partial charge in [0.1, 0.15) is 0 Å². The second kappa shape index (κ2) is 7.75. The van der Waals surface area contributed by atoms with Crippen LogP contribution in [0.1, 0.15) is 6.42 Å². The van der Waals surface area contributed by atoms with Gasteiger partial charge in [0.25, 0.3) is 0 Å². The highest BCUT2D eigenvalue weighted by Gasteiger charge is 2.28. The maximum Gasteiger partial charge on any atom is 0.401 e. The zero-order chi connectivity index (χ0) is 12.6. The van der Waals surface area contributed by atoms with Crippen LogP contribution in [-0.4, -0.2) is 50.2 Å². The fourth-order valence-corrected chi connectivity index (χ4v) is 1.24. The van der Waals surface area contributed by atoms with Crippen molar-refractivity contribution in [3.8, 4) is 0 Å². The first kappa shape index (κ1) is 15.5. The minimum Gasteiger partial charge on any atom is -0.355 e. The van der Waals surface area contributed by atoms with Gasteiger partial charge in [0.05, 0.1) is 13.1 Å². The number of rotatable bonds is 7. The van der Waals surface area contributed by atoms with Crippen molar-refractivity contribution >= 4 is 18.7 Å². The van der Waals surface area contributed by atoms with E-state index in [0.717, 1.165) is 0 Å². The van der Waals surface area contributed by atoms with Crippen molar-refractivity contribution in [3.63, 3.8) is 0 Å². The number of thiol groups is 1. The van der Waals surface area contributed by atoms with Crippen LogP contribution in [0.5, 0.6) is 0 Å². The highest BCUT2D eigenvalue weighted by atomic mass is 32.1. The molecule has 0 rings (SSSR count). The predicted octanol–water partition coefficient (Wildman–Crippen LogP) is 0.421. The molecule has 96 valence electrons. The third-order valence-corrected chi connectivity index (χ3v) is 1.89. The van der Waals surface area contributed by atoms with E-state index in [0.29, 0.717) is 13.0 Å². The van der Waals surface area contributed by atoms with E-state index in [4.69, 9.17) is 0 Å². The fraction of sp³-hybridized carbons (Fsp3) is 0.875. The van der Waals surface area contributed by atoms with Crippen LogP contribution in [0.4, 0.5) is 13.2 Å². The molecule has 0 saturated carbocycles. The van der Waals surface area contributed by atoms with E-state index >= 15 is 0 Å². The van der Waals surface area contributed by atoms with Crippen molar-refractivity contribution in [2.24, 2.45) is 0 Å². The predicted molar refractivity (Wildman–Crippen MR) is 58.2 cm³/mol. The third-order valence-electron chi connectivity index (χ3n) is 1.73. The molecule has 0 unspecified atom stereocenters. The van der Waals surface area contributed by atoms with Gasteiger partial charge in [0.15, 0.2) is 0 Å². The summed E-state index contributed by atoms with van der Waals surface area (Å²) in [6.07, 6.45) is -3.70. The molecule has 2 N–H and O–H groups in total. The van der Waals surface area contributed by atoms with Crippen LogP contribution in [-0.2, 0) is 4.79 Å². The van der Waals surface area contributed by atoms with Crippen molar-refractivity contribution in [3.05, 3.63) is 0 Å². The summed E-state index contributed by atoms with van der Waals surface area (Å²) in [6, 6.07) is 0. The quantitative estimate of drug-likeness (QED) is 0.459. The summed E-state index contributed by atoms with van der Waals surface area (Å²) in [6.45, 7) is -0.203. The Labute approximate surface area is 98.1 Å². The zero-order valence-electron chi connectivity index (χ0n) is 8.97.